The summed E-state index contributed by atoms with van der Waals surface area (Å²) in [7, 11) is 0. The molecule has 2 rings (SSSR count). The van der Waals surface area contributed by atoms with E-state index in [1.54, 1.807) is 6.26 Å². The molecule has 0 radical (unpaired) electrons. The summed E-state index contributed by atoms with van der Waals surface area (Å²) in [4.78, 5) is 29.5. The van der Waals surface area contributed by atoms with Crippen LogP contribution in [0.4, 0.5) is 0 Å². The van der Waals surface area contributed by atoms with E-state index in [0.29, 0.717) is 17.1 Å². The molecule has 2 heterocycles. The first kappa shape index (κ1) is 16.6. The first-order valence-corrected chi connectivity index (χ1v) is 8.87. The molecule has 5 nitrogen and oxygen atoms in total. The van der Waals surface area contributed by atoms with E-state index in [0.717, 1.165) is 32.1 Å². The van der Waals surface area contributed by atoms with Crippen LogP contribution in [0.1, 0.15) is 54.9 Å². The molecule has 6 heteroatoms. The first-order valence-electron chi connectivity index (χ1n) is 7.64. The number of hydrogen-bond donors (Lipinski definition) is 1. The molecule has 0 aliphatic carbocycles. The molecule has 1 aromatic rings. The van der Waals surface area contributed by atoms with Crippen molar-refractivity contribution >= 4 is 17.7 Å². The van der Waals surface area contributed by atoms with Crippen LogP contribution in [-0.4, -0.2) is 34.6 Å². The summed E-state index contributed by atoms with van der Waals surface area (Å²) < 4.78 is 0. The fourth-order valence-electron chi connectivity index (χ4n) is 2.94. The Morgan fingerprint density at radius 3 is 2.91 bits per heavy atom. The van der Waals surface area contributed by atoms with E-state index >= 15 is 0 Å². The highest BCUT2D eigenvalue weighted by Gasteiger charge is 2.27. The highest BCUT2D eigenvalue weighted by molar-refractivity contribution is 7.98. The van der Waals surface area contributed by atoms with Crippen LogP contribution >= 0.6 is 11.8 Å². The molecular formula is C16H21N3O2S. The summed E-state index contributed by atoms with van der Waals surface area (Å²) in [5.74, 6) is -0.251. The van der Waals surface area contributed by atoms with Gasteiger partial charge in [0.05, 0.1) is 10.6 Å². The van der Waals surface area contributed by atoms with Gasteiger partial charge in [-0.1, -0.05) is 19.8 Å². The van der Waals surface area contributed by atoms with E-state index in [1.165, 1.54) is 17.8 Å². The fraction of sp³-hybridized carbons (Fsp3) is 0.562. The van der Waals surface area contributed by atoms with Gasteiger partial charge in [0, 0.05) is 12.6 Å². The summed E-state index contributed by atoms with van der Waals surface area (Å²) in [6.45, 7) is 2.75. The normalized spacial score (nSPS) is 18.6. The lowest BCUT2D eigenvalue weighted by atomic mass is 10.1. The Morgan fingerprint density at radius 2 is 2.27 bits per heavy atom. The lowest BCUT2D eigenvalue weighted by Crippen LogP contribution is -2.42. The van der Waals surface area contributed by atoms with Gasteiger partial charge in [-0.2, -0.15) is 5.26 Å². The van der Waals surface area contributed by atoms with E-state index < -0.39 is 5.56 Å². The van der Waals surface area contributed by atoms with Crippen LogP contribution < -0.4 is 5.56 Å². The number of nitrogens with zero attached hydrogens (tertiary/aromatic N) is 2. The number of likely N-dealkylation sites (tertiary alicyclic amines) is 1. The van der Waals surface area contributed by atoms with Crippen LogP contribution in [0.3, 0.4) is 0 Å². The van der Waals surface area contributed by atoms with Crippen LogP contribution in [0.15, 0.2) is 15.9 Å². The Hall–Kier alpha value is -1.74. The molecule has 1 N–H and O–H groups in total. The van der Waals surface area contributed by atoms with Crippen molar-refractivity contribution in [2.45, 2.75) is 50.1 Å². The van der Waals surface area contributed by atoms with Crippen molar-refractivity contribution < 1.29 is 4.79 Å². The Bertz CT molecular complexity index is 648. The van der Waals surface area contributed by atoms with Crippen molar-refractivity contribution in [2.24, 2.45) is 0 Å². The van der Waals surface area contributed by atoms with Crippen molar-refractivity contribution in [3.05, 3.63) is 27.5 Å². The molecule has 1 saturated heterocycles. The zero-order valence-electron chi connectivity index (χ0n) is 13.0. The maximum absolute atomic E-state index is 12.8. The predicted octanol–water partition coefficient (Wildman–Crippen LogP) is 2.76. The molecule has 0 bridgehead atoms. The van der Waals surface area contributed by atoms with Gasteiger partial charge in [-0.3, -0.25) is 9.59 Å². The number of hydrogen-bond acceptors (Lipinski definition) is 4. The van der Waals surface area contributed by atoms with Gasteiger partial charge < -0.3 is 9.88 Å². The minimum absolute atomic E-state index is 0.0784. The molecule has 0 aromatic carbocycles. The minimum atomic E-state index is -0.410. The molecule has 1 atom stereocenters. The third kappa shape index (κ3) is 3.36. The molecule has 1 aromatic heterocycles. The smallest absolute Gasteiger partial charge is 0.261 e. The summed E-state index contributed by atoms with van der Waals surface area (Å²) in [6.07, 6.45) is 6.86. The Labute approximate surface area is 134 Å². The van der Waals surface area contributed by atoms with Gasteiger partial charge in [-0.15, -0.1) is 11.8 Å². The number of thioether (sulfide) groups is 1. The number of carbonyl (C=O) groups excluding carboxylic acids is 1. The summed E-state index contributed by atoms with van der Waals surface area (Å²) in [6, 6.07) is 3.66. The molecule has 1 aliphatic heterocycles. The maximum Gasteiger partial charge on any atom is 0.261 e. The van der Waals surface area contributed by atoms with Crippen LogP contribution in [0.5, 0.6) is 0 Å². The topological polar surface area (TPSA) is 77.0 Å². The lowest BCUT2D eigenvalue weighted by Gasteiger charge is -2.29. The SMILES string of the molecule is CC[C@@H]1CCCCCN1C(=O)c1cc(C#N)c(SC)[nH]c1=O. The highest BCUT2D eigenvalue weighted by atomic mass is 32.2. The lowest BCUT2D eigenvalue weighted by molar-refractivity contribution is 0.0676. The monoisotopic (exact) mass is 319 g/mol. The van der Waals surface area contributed by atoms with Crippen LogP contribution in [0.2, 0.25) is 0 Å². The van der Waals surface area contributed by atoms with Crippen molar-refractivity contribution in [1.29, 1.82) is 5.26 Å². The van der Waals surface area contributed by atoms with Gasteiger partial charge in [0.25, 0.3) is 11.5 Å². The number of nitriles is 1. The Balaban J connectivity index is 2.40. The van der Waals surface area contributed by atoms with E-state index in [9.17, 15) is 14.9 Å². The number of amides is 1. The predicted molar refractivity (Wildman–Crippen MR) is 87.1 cm³/mol. The highest BCUT2D eigenvalue weighted by Crippen LogP contribution is 2.22. The number of rotatable bonds is 3. The zero-order chi connectivity index (χ0) is 16.1. The number of pyridine rings is 1. The van der Waals surface area contributed by atoms with Gasteiger partial charge in [0.2, 0.25) is 0 Å². The average molecular weight is 319 g/mol. The Morgan fingerprint density at radius 1 is 1.50 bits per heavy atom. The molecular weight excluding hydrogens is 298 g/mol. The first-order chi connectivity index (χ1) is 10.6. The second-order valence-corrected chi connectivity index (χ2v) is 6.30. The molecule has 0 saturated carbocycles. The third-order valence-electron chi connectivity index (χ3n) is 4.17. The number of nitrogens with one attached hydrogen (secondary N) is 1. The van der Waals surface area contributed by atoms with E-state index in [-0.39, 0.29) is 17.5 Å². The zero-order valence-corrected chi connectivity index (χ0v) is 13.8. The van der Waals surface area contributed by atoms with Crippen LogP contribution in [0.25, 0.3) is 0 Å². The van der Waals surface area contributed by atoms with E-state index in [2.05, 4.69) is 11.9 Å². The summed E-state index contributed by atoms with van der Waals surface area (Å²) in [5, 5.41) is 9.70. The number of carbonyl (C=O) groups is 1. The van der Waals surface area contributed by atoms with E-state index in [4.69, 9.17) is 0 Å². The van der Waals surface area contributed by atoms with Crippen LogP contribution in [-0.2, 0) is 0 Å². The van der Waals surface area contributed by atoms with Crippen molar-refractivity contribution in [3.63, 3.8) is 0 Å². The second-order valence-electron chi connectivity index (χ2n) is 5.48. The van der Waals surface area contributed by atoms with Crippen molar-refractivity contribution in [3.8, 4) is 6.07 Å². The van der Waals surface area contributed by atoms with Gasteiger partial charge >= 0.3 is 0 Å². The number of aromatic nitrogens is 1. The molecule has 1 amide bonds. The third-order valence-corrected chi connectivity index (χ3v) is 4.90. The average Bonchev–Trinajstić information content (AvgIpc) is 2.79. The quantitative estimate of drug-likeness (QED) is 0.869. The molecule has 22 heavy (non-hydrogen) atoms. The standard InChI is InChI=1S/C16H21N3O2S/c1-3-12-7-5-4-6-8-19(12)16(21)13-9-11(10-17)15(22-2)18-14(13)20/h9,12H,3-8H2,1-2H3,(H,18,20)/t12-/m1/s1. The van der Waals surface area contributed by atoms with Gasteiger partial charge in [0.1, 0.15) is 11.6 Å². The second kappa shape index (κ2) is 7.50. The molecule has 1 fully saturated rings. The number of H-pyrrole nitrogens is 1. The number of aromatic amines is 1. The van der Waals surface area contributed by atoms with Gasteiger partial charge in [-0.25, -0.2) is 0 Å². The van der Waals surface area contributed by atoms with Gasteiger partial charge in [-0.05, 0) is 31.6 Å². The molecule has 0 spiro atoms. The maximum atomic E-state index is 12.8. The summed E-state index contributed by atoms with van der Waals surface area (Å²) >= 11 is 1.30. The minimum Gasteiger partial charge on any atom is -0.336 e. The Kier molecular flexibility index (Phi) is 5.67. The summed E-state index contributed by atoms with van der Waals surface area (Å²) in [5.41, 5.74) is 0.0143. The molecule has 1 aliphatic rings. The van der Waals surface area contributed by atoms with E-state index in [1.807, 2.05) is 11.0 Å². The van der Waals surface area contributed by atoms with Crippen molar-refractivity contribution in [1.82, 2.24) is 9.88 Å². The van der Waals surface area contributed by atoms with Crippen LogP contribution in [0, 0.1) is 11.3 Å². The van der Waals surface area contributed by atoms with Gasteiger partial charge in [0.15, 0.2) is 0 Å². The largest absolute Gasteiger partial charge is 0.336 e. The fourth-order valence-corrected chi connectivity index (χ4v) is 3.46. The van der Waals surface area contributed by atoms with Crippen molar-refractivity contribution in [2.75, 3.05) is 12.8 Å². The molecule has 118 valence electrons. The molecule has 0 unspecified atom stereocenters.